The molecular weight excluding hydrogens is 331 g/mol. The van der Waals surface area contributed by atoms with E-state index >= 15 is 0 Å². The highest BCUT2D eigenvalue weighted by molar-refractivity contribution is 9.10. The van der Waals surface area contributed by atoms with E-state index in [9.17, 15) is 4.39 Å². The van der Waals surface area contributed by atoms with Crippen LogP contribution in [0, 0.1) is 5.82 Å². The average molecular weight is 355 g/mol. The summed E-state index contributed by atoms with van der Waals surface area (Å²) in [5.74, 6) is -0.175. The molecule has 0 spiro atoms. The van der Waals surface area contributed by atoms with Gasteiger partial charge in [-0.2, -0.15) is 0 Å². The predicted molar refractivity (Wildman–Crippen MR) is 87.9 cm³/mol. The van der Waals surface area contributed by atoms with Crippen molar-refractivity contribution in [2.24, 2.45) is 0 Å². The second kappa shape index (κ2) is 6.76. The molecule has 1 N–H and O–H groups in total. The highest BCUT2D eigenvalue weighted by atomic mass is 79.9. The van der Waals surface area contributed by atoms with Gasteiger partial charge in [0.15, 0.2) is 0 Å². The van der Waals surface area contributed by atoms with Crippen molar-refractivity contribution in [1.82, 2.24) is 10.2 Å². The normalized spacial score (nSPS) is 28.7. The number of piperidine rings is 1. The number of halogens is 2. The number of hydrogen-bond acceptors (Lipinski definition) is 2. The Morgan fingerprint density at radius 2 is 2.14 bits per heavy atom. The molecule has 0 aromatic heterocycles. The van der Waals surface area contributed by atoms with Crippen molar-refractivity contribution in [3.05, 3.63) is 34.1 Å². The molecule has 2 saturated heterocycles. The van der Waals surface area contributed by atoms with Gasteiger partial charge in [-0.25, -0.2) is 4.39 Å². The largest absolute Gasteiger partial charge is 0.312 e. The first-order chi connectivity index (χ1) is 10.2. The molecule has 0 bridgehead atoms. The zero-order valence-electron chi connectivity index (χ0n) is 12.6. The third kappa shape index (κ3) is 3.33. The topological polar surface area (TPSA) is 15.3 Å². The third-order valence-electron chi connectivity index (χ3n) is 5.07. The maximum Gasteiger partial charge on any atom is 0.124 e. The molecule has 21 heavy (non-hydrogen) atoms. The lowest BCUT2D eigenvalue weighted by Crippen LogP contribution is -2.51. The predicted octanol–water partition coefficient (Wildman–Crippen LogP) is 4.26. The van der Waals surface area contributed by atoms with Gasteiger partial charge < -0.3 is 5.32 Å². The minimum atomic E-state index is -0.175. The standard InChI is InChI=1S/C17H24BrFN2/c1-12(14-8-7-13(19)11-15(14)18)21-10-3-2-6-17(21)16-5-4-9-20-16/h7-8,11-12,16-17,20H,2-6,9-10H2,1H3. The van der Waals surface area contributed by atoms with E-state index in [4.69, 9.17) is 0 Å². The van der Waals surface area contributed by atoms with E-state index in [0.717, 1.165) is 17.6 Å². The maximum atomic E-state index is 13.3. The SMILES string of the molecule is CC(c1ccc(F)cc1Br)N1CCCCC1C1CCCN1. The first-order valence-electron chi connectivity index (χ1n) is 8.11. The summed E-state index contributed by atoms with van der Waals surface area (Å²) in [7, 11) is 0. The summed E-state index contributed by atoms with van der Waals surface area (Å²) in [6.45, 7) is 4.56. The van der Waals surface area contributed by atoms with E-state index in [1.807, 2.05) is 6.07 Å². The Morgan fingerprint density at radius 1 is 1.29 bits per heavy atom. The van der Waals surface area contributed by atoms with Gasteiger partial charge in [0.2, 0.25) is 0 Å². The molecule has 1 aromatic rings. The Hall–Kier alpha value is -0.450. The Kier molecular flexibility index (Phi) is 4.97. The van der Waals surface area contributed by atoms with Gasteiger partial charge in [0.05, 0.1) is 0 Å². The second-order valence-corrected chi connectivity index (χ2v) is 7.20. The molecule has 0 saturated carbocycles. The fourth-order valence-electron chi connectivity index (χ4n) is 3.95. The summed E-state index contributed by atoms with van der Waals surface area (Å²) in [6.07, 6.45) is 6.46. The Bertz CT molecular complexity index is 488. The monoisotopic (exact) mass is 354 g/mol. The highest BCUT2D eigenvalue weighted by Gasteiger charge is 2.34. The molecule has 2 aliphatic rings. The zero-order valence-corrected chi connectivity index (χ0v) is 14.2. The van der Waals surface area contributed by atoms with Crippen molar-refractivity contribution < 1.29 is 4.39 Å². The fraction of sp³-hybridized carbons (Fsp3) is 0.647. The van der Waals surface area contributed by atoms with Crippen molar-refractivity contribution in [2.75, 3.05) is 13.1 Å². The van der Waals surface area contributed by atoms with Gasteiger partial charge in [-0.1, -0.05) is 28.4 Å². The average Bonchev–Trinajstić information content (AvgIpc) is 3.01. The molecule has 0 aliphatic carbocycles. The van der Waals surface area contributed by atoms with Crippen LogP contribution in [-0.2, 0) is 0 Å². The van der Waals surface area contributed by atoms with Crippen molar-refractivity contribution in [2.45, 2.75) is 57.2 Å². The minimum Gasteiger partial charge on any atom is -0.312 e. The summed E-state index contributed by atoms with van der Waals surface area (Å²) in [5, 5.41) is 3.67. The Labute approximate surface area is 135 Å². The molecule has 0 amide bonds. The van der Waals surface area contributed by atoms with Crippen LogP contribution in [0.15, 0.2) is 22.7 Å². The summed E-state index contributed by atoms with van der Waals surface area (Å²) >= 11 is 3.54. The molecule has 4 heteroatoms. The number of benzene rings is 1. The van der Waals surface area contributed by atoms with Crippen LogP contribution in [0.4, 0.5) is 4.39 Å². The Morgan fingerprint density at radius 3 is 2.86 bits per heavy atom. The molecule has 2 heterocycles. The van der Waals surface area contributed by atoms with E-state index in [1.165, 1.54) is 37.7 Å². The molecule has 2 fully saturated rings. The van der Waals surface area contributed by atoms with Crippen molar-refractivity contribution in [3.63, 3.8) is 0 Å². The number of hydrogen-bond donors (Lipinski definition) is 1. The van der Waals surface area contributed by atoms with Crippen LogP contribution in [0.25, 0.3) is 0 Å². The van der Waals surface area contributed by atoms with E-state index in [2.05, 4.69) is 33.1 Å². The van der Waals surface area contributed by atoms with Gasteiger partial charge in [-0.3, -0.25) is 4.90 Å². The number of nitrogens with zero attached hydrogens (tertiary/aromatic N) is 1. The smallest absolute Gasteiger partial charge is 0.124 e. The minimum absolute atomic E-state index is 0.175. The molecular formula is C17H24BrFN2. The molecule has 3 unspecified atom stereocenters. The third-order valence-corrected chi connectivity index (χ3v) is 5.75. The van der Waals surface area contributed by atoms with Gasteiger partial charge >= 0.3 is 0 Å². The van der Waals surface area contributed by atoms with Crippen LogP contribution in [0.2, 0.25) is 0 Å². The van der Waals surface area contributed by atoms with Gasteiger partial charge in [-0.15, -0.1) is 0 Å². The number of likely N-dealkylation sites (tertiary alicyclic amines) is 1. The van der Waals surface area contributed by atoms with Crippen LogP contribution in [0.3, 0.4) is 0 Å². The molecule has 116 valence electrons. The van der Waals surface area contributed by atoms with Crippen LogP contribution in [-0.4, -0.2) is 30.1 Å². The van der Waals surface area contributed by atoms with Crippen LogP contribution in [0.5, 0.6) is 0 Å². The van der Waals surface area contributed by atoms with Crippen LogP contribution >= 0.6 is 15.9 Å². The molecule has 0 radical (unpaired) electrons. The lowest BCUT2D eigenvalue weighted by atomic mass is 9.91. The van der Waals surface area contributed by atoms with Crippen molar-refractivity contribution in [3.8, 4) is 0 Å². The Balaban J connectivity index is 1.81. The first kappa shape index (κ1) is 15.4. The molecule has 2 nitrogen and oxygen atoms in total. The number of rotatable bonds is 3. The molecule has 3 rings (SSSR count). The summed E-state index contributed by atoms with van der Waals surface area (Å²) in [4.78, 5) is 2.63. The fourth-order valence-corrected chi connectivity index (χ4v) is 4.63. The first-order valence-corrected chi connectivity index (χ1v) is 8.90. The van der Waals surface area contributed by atoms with Crippen LogP contribution in [0.1, 0.15) is 50.6 Å². The highest BCUT2D eigenvalue weighted by Crippen LogP contribution is 2.34. The number of nitrogens with one attached hydrogen (secondary N) is 1. The van der Waals surface area contributed by atoms with E-state index in [0.29, 0.717) is 18.1 Å². The van der Waals surface area contributed by atoms with Crippen LogP contribution < -0.4 is 5.32 Å². The quantitative estimate of drug-likeness (QED) is 0.872. The molecule has 1 aromatic carbocycles. The second-order valence-electron chi connectivity index (χ2n) is 6.35. The maximum absolute atomic E-state index is 13.3. The van der Waals surface area contributed by atoms with E-state index < -0.39 is 0 Å². The van der Waals surface area contributed by atoms with Gasteiger partial charge in [0, 0.05) is 22.6 Å². The summed E-state index contributed by atoms with van der Waals surface area (Å²) in [6, 6.07) is 6.66. The summed E-state index contributed by atoms with van der Waals surface area (Å²) in [5.41, 5.74) is 1.20. The van der Waals surface area contributed by atoms with Crippen molar-refractivity contribution >= 4 is 15.9 Å². The van der Waals surface area contributed by atoms with Gasteiger partial charge in [0.1, 0.15) is 5.82 Å². The van der Waals surface area contributed by atoms with Gasteiger partial charge in [0.25, 0.3) is 0 Å². The lowest BCUT2D eigenvalue weighted by Gasteiger charge is -2.43. The molecule has 3 atom stereocenters. The summed E-state index contributed by atoms with van der Waals surface area (Å²) < 4.78 is 14.2. The zero-order chi connectivity index (χ0) is 14.8. The molecule has 2 aliphatic heterocycles. The van der Waals surface area contributed by atoms with Gasteiger partial charge in [-0.05, 0) is 63.4 Å². The lowest BCUT2D eigenvalue weighted by molar-refractivity contribution is 0.0799. The van der Waals surface area contributed by atoms with Crippen molar-refractivity contribution in [1.29, 1.82) is 0 Å². The van der Waals surface area contributed by atoms with E-state index in [-0.39, 0.29) is 5.82 Å². The van der Waals surface area contributed by atoms with E-state index in [1.54, 1.807) is 12.1 Å².